The summed E-state index contributed by atoms with van der Waals surface area (Å²) in [5, 5.41) is 4.69. The van der Waals surface area contributed by atoms with Gasteiger partial charge in [-0.2, -0.15) is 0 Å². The number of rotatable bonds is 2. The van der Waals surface area contributed by atoms with Crippen LogP contribution in [-0.2, 0) is 14.8 Å². The van der Waals surface area contributed by atoms with Gasteiger partial charge in [0.15, 0.2) is 0 Å². The summed E-state index contributed by atoms with van der Waals surface area (Å²) >= 11 is 0. The molecule has 1 saturated heterocycles. The Balaban J connectivity index is 2.76. The summed E-state index contributed by atoms with van der Waals surface area (Å²) < 4.78 is 0. The largest absolute Gasteiger partial charge is 0.204 e. The molecule has 0 aromatic heterocycles. The molecule has 1 aliphatic heterocycles. The van der Waals surface area contributed by atoms with Gasteiger partial charge in [-0.3, -0.25) is 0 Å². The molecule has 0 saturated carbocycles. The molecule has 3 nitrogen and oxygen atoms in total. The van der Waals surface area contributed by atoms with Gasteiger partial charge >= 0.3 is 0 Å². The third-order valence-electron chi connectivity index (χ3n) is 2.27. The van der Waals surface area contributed by atoms with Crippen molar-refractivity contribution in [2.24, 2.45) is 0 Å². The third-order valence-corrected chi connectivity index (χ3v) is 6.81. The van der Waals surface area contributed by atoms with Crippen LogP contribution in [0.4, 0.5) is 0 Å². The van der Waals surface area contributed by atoms with Crippen molar-refractivity contribution < 1.29 is 14.8 Å². The van der Waals surface area contributed by atoms with Crippen LogP contribution in [0, 0.1) is 0 Å². The van der Waals surface area contributed by atoms with Gasteiger partial charge in [0.05, 0.1) is 16.1 Å². The monoisotopic (exact) mass is 220 g/mol. The van der Waals surface area contributed by atoms with Gasteiger partial charge < -0.3 is 0 Å². The molecule has 0 N–H and O–H groups in total. The van der Waals surface area contributed by atoms with Crippen molar-refractivity contribution in [2.45, 2.75) is 50.7 Å². The lowest BCUT2D eigenvalue weighted by Gasteiger charge is -2.31. The normalized spacial score (nSPS) is 30.9. The molecule has 0 amide bonds. The Bertz CT molecular complexity index is 163. The molecule has 78 valence electrons. The smallest absolute Gasteiger partial charge is 0.111 e. The van der Waals surface area contributed by atoms with Crippen LogP contribution in [0.5, 0.6) is 0 Å². The second kappa shape index (κ2) is 3.47. The summed E-state index contributed by atoms with van der Waals surface area (Å²) in [7, 11) is -2.67. The molecule has 0 bridgehead atoms. The van der Waals surface area contributed by atoms with Gasteiger partial charge in [0.2, 0.25) is 0 Å². The Morgan fingerprint density at radius 2 is 1.00 bits per heavy atom. The molecule has 1 rings (SSSR count). The maximum atomic E-state index is 5.23. The highest BCUT2D eigenvalue weighted by Crippen LogP contribution is 2.29. The molecule has 1 heterocycles. The third kappa shape index (κ3) is 2.63. The predicted molar refractivity (Wildman–Crippen MR) is 57.5 cm³/mol. The molecule has 2 unspecified atom stereocenters. The summed E-state index contributed by atoms with van der Waals surface area (Å²) in [6.45, 7) is 13.7. The zero-order chi connectivity index (χ0) is 10.3. The molecular weight excluding hydrogens is 200 g/mol. The summed E-state index contributed by atoms with van der Waals surface area (Å²) in [5.41, 5.74) is 0.387. The van der Waals surface area contributed by atoms with Gasteiger partial charge in [0.25, 0.3) is 0 Å². The van der Waals surface area contributed by atoms with Gasteiger partial charge in [-0.05, 0) is 0 Å². The second-order valence-corrected chi connectivity index (χ2v) is 16.4. The van der Waals surface area contributed by atoms with E-state index < -0.39 is 16.1 Å². The topological polar surface area (TPSA) is 27.7 Å². The van der Waals surface area contributed by atoms with Gasteiger partial charge in [0, 0.05) is 0 Å². The van der Waals surface area contributed by atoms with Gasteiger partial charge in [-0.1, -0.05) is 44.3 Å². The lowest BCUT2D eigenvalue weighted by atomic mass is 10.8. The average molecular weight is 220 g/mol. The molecule has 0 aromatic carbocycles. The Morgan fingerprint density at radius 1 is 0.692 bits per heavy atom. The Hall–Kier alpha value is 0.314. The van der Waals surface area contributed by atoms with Crippen molar-refractivity contribution in [1.29, 1.82) is 0 Å². The van der Waals surface area contributed by atoms with Crippen LogP contribution < -0.4 is 0 Å². The SMILES string of the molecule is C[Si](C)(C)C1OOOC1[Si](C)(C)C. The Morgan fingerprint density at radius 3 is 1.23 bits per heavy atom. The van der Waals surface area contributed by atoms with Crippen LogP contribution in [0.15, 0.2) is 0 Å². The van der Waals surface area contributed by atoms with E-state index in [1.165, 1.54) is 0 Å². The van der Waals surface area contributed by atoms with E-state index in [2.05, 4.69) is 39.3 Å². The quantitative estimate of drug-likeness (QED) is 0.528. The van der Waals surface area contributed by atoms with Crippen molar-refractivity contribution in [2.75, 3.05) is 0 Å². The number of hydrogen-bond acceptors (Lipinski definition) is 3. The molecule has 0 aromatic rings. The first-order valence-electron chi connectivity index (χ1n) is 4.72. The molecule has 2 atom stereocenters. The minimum absolute atomic E-state index is 0.194. The van der Waals surface area contributed by atoms with Crippen molar-refractivity contribution >= 4 is 16.1 Å². The molecule has 0 spiro atoms. The molecule has 0 aliphatic carbocycles. The lowest BCUT2D eigenvalue weighted by Crippen LogP contribution is -2.54. The predicted octanol–water partition coefficient (Wildman–Crippen LogP) is 2.37. The van der Waals surface area contributed by atoms with Crippen LogP contribution in [0.2, 0.25) is 39.3 Å². The van der Waals surface area contributed by atoms with E-state index in [-0.39, 0.29) is 11.5 Å². The molecule has 0 radical (unpaired) electrons. The van der Waals surface area contributed by atoms with Gasteiger partial charge in [-0.25, -0.2) is 9.78 Å². The molecule has 1 aliphatic rings. The van der Waals surface area contributed by atoms with E-state index >= 15 is 0 Å². The molecular formula is C8H20O3Si2. The van der Waals surface area contributed by atoms with E-state index in [1.54, 1.807) is 0 Å². The van der Waals surface area contributed by atoms with E-state index in [9.17, 15) is 0 Å². The Labute approximate surface area is 82.2 Å². The fourth-order valence-corrected chi connectivity index (χ4v) is 6.99. The zero-order valence-corrected chi connectivity index (χ0v) is 11.4. The van der Waals surface area contributed by atoms with Crippen LogP contribution in [0.1, 0.15) is 0 Å². The van der Waals surface area contributed by atoms with Crippen molar-refractivity contribution in [3.63, 3.8) is 0 Å². The van der Waals surface area contributed by atoms with Crippen LogP contribution in [-0.4, -0.2) is 27.6 Å². The van der Waals surface area contributed by atoms with E-state index in [4.69, 9.17) is 14.8 Å². The molecule has 13 heavy (non-hydrogen) atoms. The summed E-state index contributed by atoms with van der Waals surface area (Å²) in [6, 6.07) is 0. The zero-order valence-electron chi connectivity index (χ0n) is 9.38. The highest BCUT2D eigenvalue weighted by atomic mass is 28.3. The van der Waals surface area contributed by atoms with E-state index in [0.29, 0.717) is 0 Å². The first-order chi connectivity index (χ1) is 5.73. The highest BCUT2D eigenvalue weighted by Gasteiger charge is 2.48. The summed E-state index contributed by atoms with van der Waals surface area (Å²) in [6.07, 6.45) is 0. The maximum absolute atomic E-state index is 5.23. The average Bonchev–Trinajstić information content (AvgIpc) is 2.27. The van der Waals surface area contributed by atoms with E-state index in [1.807, 2.05) is 0 Å². The number of hydrogen-bond donors (Lipinski definition) is 0. The first-order valence-corrected chi connectivity index (χ1v) is 11.9. The van der Waals surface area contributed by atoms with Gasteiger partial charge in [-0.15, -0.1) is 0 Å². The Kier molecular flexibility index (Phi) is 3.04. The maximum Gasteiger partial charge on any atom is 0.111 e. The van der Waals surface area contributed by atoms with E-state index in [0.717, 1.165) is 0 Å². The van der Waals surface area contributed by atoms with Crippen molar-refractivity contribution in [3.05, 3.63) is 0 Å². The van der Waals surface area contributed by atoms with Crippen LogP contribution >= 0.6 is 0 Å². The first kappa shape index (κ1) is 11.4. The summed E-state index contributed by atoms with van der Waals surface area (Å²) in [5.74, 6) is 0. The fraction of sp³-hybridized carbons (Fsp3) is 1.00. The van der Waals surface area contributed by atoms with Gasteiger partial charge in [0.1, 0.15) is 11.5 Å². The highest BCUT2D eigenvalue weighted by molar-refractivity contribution is 6.83. The second-order valence-electron chi connectivity index (χ2n) is 5.83. The minimum Gasteiger partial charge on any atom is -0.204 e. The van der Waals surface area contributed by atoms with Crippen molar-refractivity contribution in [3.8, 4) is 0 Å². The van der Waals surface area contributed by atoms with Crippen molar-refractivity contribution in [1.82, 2.24) is 0 Å². The molecule has 1 fully saturated rings. The van der Waals surface area contributed by atoms with Crippen LogP contribution in [0.25, 0.3) is 0 Å². The van der Waals surface area contributed by atoms with Crippen LogP contribution in [0.3, 0.4) is 0 Å². The summed E-state index contributed by atoms with van der Waals surface area (Å²) in [4.78, 5) is 10.5. The standard InChI is InChI=1S/C8H20O3Si2/c1-12(2,3)7-8(10-11-9-7)13(4,5)6/h7-8H,1-6H3. The lowest BCUT2D eigenvalue weighted by molar-refractivity contribution is -0.459. The molecule has 5 heteroatoms. The fourth-order valence-electron chi connectivity index (χ4n) is 1.41. The minimum atomic E-state index is -1.33.